The first kappa shape index (κ1) is 26.6. The fourth-order valence-corrected chi connectivity index (χ4v) is 5.51. The first-order chi connectivity index (χ1) is 18.8. The smallest absolute Gasteiger partial charge is 0.257 e. The summed E-state index contributed by atoms with van der Waals surface area (Å²) in [6.07, 6.45) is 0.674. The van der Waals surface area contributed by atoms with Crippen molar-refractivity contribution in [3.05, 3.63) is 107 Å². The number of nitrogens with one attached hydrogen (secondary N) is 1. The van der Waals surface area contributed by atoms with Gasteiger partial charge in [-0.05, 0) is 49.2 Å². The number of amides is 3. The molecule has 2 saturated heterocycles. The van der Waals surface area contributed by atoms with Crippen molar-refractivity contribution in [2.24, 2.45) is 0 Å². The zero-order valence-electron chi connectivity index (χ0n) is 22.1. The van der Waals surface area contributed by atoms with Gasteiger partial charge in [0.25, 0.3) is 11.8 Å². The molecule has 2 aliphatic rings. The normalized spacial score (nSPS) is 19.1. The summed E-state index contributed by atoms with van der Waals surface area (Å²) in [4.78, 5) is 43.9. The van der Waals surface area contributed by atoms with Crippen LogP contribution in [0.25, 0.3) is 0 Å². The Morgan fingerprint density at radius 3 is 2.33 bits per heavy atom. The maximum absolute atomic E-state index is 14.0. The summed E-state index contributed by atoms with van der Waals surface area (Å²) in [7, 11) is 0. The average molecular weight is 530 g/mol. The Hall–Kier alpha value is -4.04. The second kappa shape index (κ2) is 11.0. The highest BCUT2D eigenvalue weighted by atomic mass is 19.1. The Morgan fingerprint density at radius 1 is 0.949 bits per heavy atom. The van der Waals surface area contributed by atoms with Gasteiger partial charge in [-0.1, -0.05) is 54.6 Å². The fraction of sp³-hybridized carbons (Fsp3) is 0.323. The molecule has 8 heteroatoms. The molecule has 0 aromatic heterocycles. The second-order valence-corrected chi connectivity index (χ2v) is 10.2. The third-order valence-corrected chi connectivity index (χ3v) is 7.72. The Balaban J connectivity index is 1.39. The molecular formula is C31H32FN3O4. The number of halogens is 1. The molecule has 39 heavy (non-hydrogen) atoms. The van der Waals surface area contributed by atoms with E-state index < -0.39 is 17.6 Å². The molecule has 0 bridgehead atoms. The Labute approximate surface area is 227 Å². The highest BCUT2D eigenvalue weighted by Gasteiger charge is 2.54. The molecule has 1 N–H and O–H groups in total. The van der Waals surface area contributed by atoms with Crippen molar-refractivity contribution < 1.29 is 23.5 Å². The van der Waals surface area contributed by atoms with E-state index in [2.05, 4.69) is 5.32 Å². The van der Waals surface area contributed by atoms with Crippen LogP contribution in [0.2, 0.25) is 0 Å². The minimum absolute atomic E-state index is 0.0583. The summed E-state index contributed by atoms with van der Waals surface area (Å²) in [5.74, 6) is -1.31. The zero-order chi connectivity index (χ0) is 27.6. The van der Waals surface area contributed by atoms with E-state index >= 15 is 0 Å². The lowest BCUT2D eigenvalue weighted by Crippen LogP contribution is -2.60. The van der Waals surface area contributed by atoms with Gasteiger partial charge in [-0.2, -0.15) is 0 Å². The van der Waals surface area contributed by atoms with E-state index in [1.807, 2.05) is 56.3 Å². The molecule has 0 saturated carbocycles. The topological polar surface area (TPSA) is 79.0 Å². The molecule has 3 aromatic rings. The summed E-state index contributed by atoms with van der Waals surface area (Å²) in [6.45, 7) is 4.44. The molecule has 0 unspecified atom stereocenters. The quantitative estimate of drug-likeness (QED) is 0.529. The number of hydrogen-bond donors (Lipinski definition) is 1. The maximum Gasteiger partial charge on any atom is 0.257 e. The molecule has 0 aliphatic carbocycles. The minimum Gasteiger partial charge on any atom is -0.353 e. The largest absolute Gasteiger partial charge is 0.353 e. The number of rotatable bonds is 5. The van der Waals surface area contributed by atoms with Crippen LogP contribution in [0.3, 0.4) is 0 Å². The van der Waals surface area contributed by atoms with E-state index in [-0.39, 0.29) is 35.9 Å². The molecule has 7 nitrogen and oxygen atoms in total. The van der Waals surface area contributed by atoms with Gasteiger partial charge >= 0.3 is 0 Å². The monoisotopic (exact) mass is 529 g/mol. The Bertz CT molecular complexity index is 1370. The fourth-order valence-electron chi connectivity index (χ4n) is 5.51. The number of carbonyl (C=O) groups excluding carboxylic acids is 3. The molecule has 1 spiro atoms. The van der Waals surface area contributed by atoms with Crippen LogP contribution >= 0.6 is 0 Å². The number of nitrogens with zero attached hydrogens (tertiary/aromatic N) is 2. The highest BCUT2D eigenvalue weighted by molar-refractivity contribution is 5.99. The van der Waals surface area contributed by atoms with Gasteiger partial charge in [0.2, 0.25) is 5.91 Å². The highest BCUT2D eigenvalue weighted by Crippen LogP contribution is 2.39. The van der Waals surface area contributed by atoms with Gasteiger partial charge in [-0.25, -0.2) is 4.39 Å². The van der Waals surface area contributed by atoms with Crippen LogP contribution in [-0.2, 0) is 9.53 Å². The minimum atomic E-state index is -1.03. The number of carbonyl (C=O) groups is 3. The van der Waals surface area contributed by atoms with Crippen LogP contribution in [0.1, 0.15) is 57.7 Å². The predicted octanol–water partition coefficient (Wildman–Crippen LogP) is 4.49. The summed E-state index contributed by atoms with van der Waals surface area (Å²) < 4.78 is 20.0. The van der Waals surface area contributed by atoms with Gasteiger partial charge < -0.3 is 15.0 Å². The molecule has 2 heterocycles. The lowest BCUT2D eigenvalue weighted by Gasteiger charge is -2.44. The van der Waals surface area contributed by atoms with Gasteiger partial charge in [0, 0.05) is 37.1 Å². The van der Waals surface area contributed by atoms with Crippen molar-refractivity contribution >= 4 is 17.7 Å². The molecule has 5 rings (SSSR count). The number of likely N-dealkylation sites (tertiary alicyclic amines) is 1. The summed E-state index contributed by atoms with van der Waals surface area (Å²) >= 11 is 0. The van der Waals surface area contributed by atoms with E-state index in [9.17, 15) is 18.8 Å². The molecule has 2 atom stereocenters. The lowest BCUT2D eigenvalue weighted by atomic mass is 9.95. The van der Waals surface area contributed by atoms with Gasteiger partial charge in [-0.3, -0.25) is 19.3 Å². The molecule has 3 amide bonds. The number of benzene rings is 3. The molecule has 2 aliphatic heterocycles. The van der Waals surface area contributed by atoms with Gasteiger partial charge in [0.15, 0.2) is 0 Å². The van der Waals surface area contributed by atoms with Crippen molar-refractivity contribution in [1.82, 2.24) is 15.1 Å². The van der Waals surface area contributed by atoms with Crippen molar-refractivity contribution in [2.75, 3.05) is 19.7 Å². The standard InChI is InChI=1S/C31H32FN3O4/c1-21-9-6-7-14-26(21)30(38)35-27(28(36)33-22(2)23-10-4-3-5-11-23)20-39-31(35)15-17-34(18-16-31)29(37)24-12-8-13-25(32)19-24/h3-14,19,22,27H,15-18,20H2,1-2H3,(H,33,36)/t22-,27-/m1/s1. The predicted molar refractivity (Wildman–Crippen MR) is 144 cm³/mol. The second-order valence-electron chi connectivity index (χ2n) is 10.2. The van der Waals surface area contributed by atoms with Crippen LogP contribution in [0.5, 0.6) is 0 Å². The summed E-state index contributed by atoms with van der Waals surface area (Å²) in [5.41, 5.74) is 1.52. The van der Waals surface area contributed by atoms with Crippen molar-refractivity contribution in [3.8, 4) is 0 Å². The average Bonchev–Trinajstić information content (AvgIpc) is 3.32. The van der Waals surface area contributed by atoms with Gasteiger partial charge in [0.1, 0.15) is 17.6 Å². The zero-order valence-corrected chi connectivity index (χ0v) is 22.1. The van der Waals surface area contributed by atoms with E-state index in [4.69, 9.17) is 4.74 Å². The van der Waals surface area contributed by atoms with Crippen LogP contribution in [0, 0.1) is 12.7 Å². The van der Waals surface area contributed by atoms with Gasteiger partial charge in [0.05, 0.1) is 12.6 Å². The summed E-state index contributed by atoms with van der Waals surface area (Å²) in [6, 6.07) is 21.5. The van der Waals surface area contributed by atoms with Gasteiger partial charge in [-0.15, -0.1) is 0 Å². The molecular weight excluding hydrogens is 497 g/mol. The van der Waals surface area contributed by atoms with Crippen molar-refractivity contribution in [2.45, 2.75) is 44.5 Å². The number of aryl methyl sites for hydroxylation is 1. The Kier molecular flexibility index (Phi) is 7.48. The number of hydrogen-bond acceptors (Lipinski definition) is 4. The first-order valence-corrected chi connectivity index (χ1v) is 13.2. The third kappa shape index (κ3) is 5.29. The SMILES string of the molecule is Cc1ccccc1C(=O)N1[C@@H](C(=O)N[C@H](C)c2ccccc2)COC12CCN(C(=O)c1cccc(F)c1)CC2. The summed E-state index contributed by atoms with van der Waals surface area (Å²) in [5, 5.41) is 3.05. The first-order valence-electron chi connectivity index (χ1n) is 13.2. The molecule has 202 valence electrons. The lowest BCUT2D eigenvalue weighted by molar-refractivity contribution is -0.128. The van der Waals surface area contributed by atoms with Crippen LogP contribution in [0.4, 0.5) is 4.39 Å². The van der Waals surface area contributed by atoms with E-state index in [1.54, 1.807) is 28.0 Å². The van der Waals surface area contributed by atoms with Crippen LogP contribution < -0.4 is 5.32 Å². The molecule has 0 radical (unpaired) electrons. The van der Waals surface area contributed by atoms with E-state index in [0.717, 1.165) is 11.1 Å². The third-order valence-electron chi connectivity index (χ3n) is 7.72. The number of ether oxygens (including phenoxy) is 1. The maximum atomic E-state index is 14.0. The van der Waals surface area contributed by atoms with E-state index in [0.29, 0.717) is 31.5 Å². The van der Waals surface area contributed by atoms with Crippen LogP contribution in [-0.4, -0.2) is 59.0 Å². The Morgan fingerprint density at radius 2 is 1.64 bits per heavy atom. The number of piperidine rings is 1. The van der Waals surface area contributed by atoms with E-state index in [1.165, 1.54) is 18.2 Å². The molecule has 3 aromatic carbocycles. The molecule has 2 fully saturated rings. The van der Waals surface area contributed by atoms with Crippen LogP contribution in [0.15, 0.2) is 78.9 Å². The van der Waals surface area contributed by atoms with Crippen molar-refractivity contribution in [3.63, 3.8) is 0 Å². The van der Waals surface area contributed by atoms with Crippen molar-refractivity contribution in [1.29, 1.82) is 0 Å².